The van der Waals surface area contributed by atoms with E-state index in [0.29, 0.717) is 23.9 Å². The number of aliphatic imine (C=N–C) groups is 1. The van der Waals surface area contributed by atoms with Gasteiger partial charge in [0.05, 0.1) is 0 Å². The number of nitrogens with one attached hydrogen (secondary N) is 1. The van der Waals surface area contributed by atoms with Crippen molar-refractivity contribution in [3.8, 4) is 0 Å². The molecule has 3 nitrogen and oxygen atoms in total. The Morgan fingerprint density at radius 2 is 2.09 bits per heavy atom. The van der Waals surface area contributed by atoms with Gasteiger partial charge < -0.3 is 10.2 Å². The third-order valence-corrected chi connectivity index (χ3v) is 3.88. The largest absolute Gasteiger partial charge is 0.356 e. The molecule has 0 unspecified atom stereocenters. The third kappa shape index (κ3) is 5.07. The molecule has 1 N–H and O–H groups in total. The molecule has 1 aromatic rings. The number of benzene rings is 1. The standard InChI is InChI=1S/C16H23F2N3.HI/c1-16(2)7-9-21(11-16)15(19-3)20-8-6-12-4-5-13(17)10-14(12)18;/h4-5,10H,6-9,11H2,1-3H3,(H,19,20);1H. The van der Waals surface area contributed by atoms with Gasteiger partial charge in [0.25, 0.3) is 0 Å². The third-order valence-electron chi connectivity index (χ3n) is 3.88. The minimum Gasteiger partial charge on any atom is -0.356 e. The topological polar surface area (TPSA) is 27.6 Å². The van der Waals surface area contributed by atoms with Crippen LogP contribution in [0, 0.1) is 17.0 Å². The molecule has 0 aliphatic carbocycles. The minimum absolute atomic E-state index is 0. The molecule has 1 heterocycles. The van der Waals surface area contributed by atoms with Gasteiger partial charge in [0, 0.05) is 32.7 Å². The summed E-state index contributed by atoms with van der Waals surface area (Å²) in [5, 5.41) is 3.25. The zero-order chi connectivity index (χ0) is 15.5. The molecule has 1 saturated heterocycles. The van der Waals surface area contributed by atoms with E-state index in [-0.39, 0.29) is 24.0 Å². The van der Waals surface area contributed by atoms with Crippen LogP contribution < -0.4 is 5.32 Å². The lowest BCUT2D eigenvalue weighted by Gasteiger charge is -2.23. The molecule has 0 spiro atoms. The van der Waals surface area contributed by atoms with Gasteiger partial charge in [-0.1, -0.05) is 19.9 Å². The Kier molecular flexibility index (Phi) is 7.02. The smallest absolute Gasteiger partial charge is 0.193 e. The summed E-state index contributed by atoms with van der Waals surface area (Å²) in [5.74, 6) is -0.184. The molecule has 22 heavy (non-hydrogen) atoms. The first kappa shape index (κ1) is 19.1. The van der Waals surface area contributed by atoms with Gasteiger partial charge in [0.1, 0.15) is 11.6 Å². The number of guanidine groups is 1. The maximum absolute atomic E-state index is 13.6. The highest BCUT2D eigenvalue weighted by molar-refractivity contribution is 14.0. The zero-order valence-corrected chi connectivity index (χ0v) is 15.7. The van der Waals surface area contributed by atoms with Crippen LogP contribution in [0.2, 0.25) is 0 Å². The van der Waals surface area contributed by atoms with Crippen molar-refractivity contribution in [3.63, 3.8) is 0 Å². The van der Waals surface area contributed by atoms with Crippen molar-refractivity contribution < 1.29 is 8.78 Å². The van der Waals surface area contributed by atoms with Gasteiger partial charge in [-0.15, -0.1) is 24.0 Å². The summed E-state index contributed by atoms with van der Waals surface area (Å²) in [7, 11) is 1.76. The molecule has 2 rings (SSSR count). The highest BCUT2D eigenvalue weighted by atomic mass is 127. The fourth-order valence-electron chi connectivity index (χ4n) is 2.66. The van der Waals surface area contributed by atoms with Crippen molar-refractivity contribution in [1.82, 2.24) is 10.2 Å². The number of hydrogen-bond acceptors (Lipinski definition) is 1. The van der Waals surface area contributed by atoms with Gasteiger partial charge in [-0.3, -0.25) is 4.99 Å². The highest BCUT2D eigenvalue weighted by Gasteiger charge is 2.30. The Labute approximate surface area is 148 Å². The summed E-state index contributed by atoms with van der Waals surface area (Å²) in [6.45, 7) is 7.02. The van der Waals surface area contributed by atoms with E-state index >= 15 is 0 Å². The fourth-order valence-corrected chi connectivity index (χ4v) is 2.66. The second-order valence-electron chi connectivity index (χ2n) is 6.30. The zero-order valence-electron chi connectivity index (χ0n) is 13.3. The highest BCUT2D eigenvalue weighted by Crippen LogP contribution is 2.28. The average molecular weight is 423 g/mol. The molecule has 1 fully saturated rings. The van der Waals surface area contributed by atoms with E-state index in [0.717, 1.165) is 31.5 Å². The molecular weight excluding hydrogens is 399 g/mol. The Bertz CT molecular complexity index is 532. The predicted molar refractivity (Wildman–Crippen MR) is 96.8 cm³/mol. The molecule has 1 aliphatic heterocycles. The summed E-state index contributed by atoms with van der Waals surface area (Å²) >= 11 is 0. The Balaban J connectivity index is 0.00000242. The van der Waals surface area contributed by atoms with E-state index in [9.17, 15) is 8.78 Å². The lowest BCUT2D eigenvalue weighted by atomic mass is 9.93. The monoisotopic (exact) mass is 423 g/mol. The first-order valence-corrected chi connectivity index (χ1v) is 7.31. The van der Waals surface area contributed by atoms with Crippen molar-refractivity contribution in [2.45, 2.75) is 26.7 Å². The summed E-state index contributed by atoms with van der Waals surface area (Å²) < 4.78 is 26.4. The first-order valence-electron chi connectivity index (χ1n) is 7.31. The quantitative estimate of drug-likeness (QED) is 0.459. The lowest BCUT2D eigenvalue weighted by Crippen LogP contribution is -2.41. The van der Waals surface area contributed by atoms with Gasteiger partial charge >= 0.3 is 0 Å². The summed E-state index contributed by atoms with van der Waals surface area (Å²) in [5.41, 5.74) is 0.821. The normalized spacial score (nSPS) is 17.3. The Morgan fingerprint density at radius 1 is 1.36 bits per heavy atom. The molecular formula is C16H24F2IN3. The van der Waals surface area contributed by atoms with Crippen LogP contribution in [-0.2, 0) is 6.42 Å². The lowest BCUT2D eigenvalue weighted by molar-refractivity contribution is 0.370. The van der Waals surface area contributed by atoms with E-state index in [1.54, 1.807) is 7.05 Å². The van der Waals surface area contributed by atoms with Crippen LogP contribution in [0.25, 0.3) is 0 Å². The Morgan fingerprint density at radius 3 is 2.64 bits per heavy atom. The fraction of sp³-hybridized carbons (Fsp3) is 0.562. The number of likely N-dealkylation sites (tertiary alicyclic amines) is 1. The number of rotatable bonds is 3. The molecule has 6 heteroatoms. The van der Waals surface area contributed by atoms with Crippen molar-refractivity contribution in [3.05, 3.63) is 35.4 Å². The van der Waals surface area contributed by atoms with Crippen molar-refractivity contribution >= 4 is 29.9 Å². The van der Waals surface area contributed by atoms with Crippen LogP contribution in [0.1, 0.15) is 25.8 Å². The van der Waals surface area contributed by atoms with Gasteiger partial charge in [-0.25, -0.2) is 8.78 Å². The second kappa shape index (κ2) is 8.08. The van der Waals surface area contributed by atoms with Crippen LogP contribution in [0.5, 0.6) is 0 Å². The number of halogens is 3. The van der Waals surface area contributed by atoms with Gasteiger partial charge in [0.15, 0.2) is 5.96 Å². The van der Waals surface area contributed by atoms with E-state index in [4.69, 9.17) is 0 Å². The van der Waals surface area contributed by atoms with E-state index in [1.807, 2.05) is 0 Å². The summed E-state index contributed by atoms with van der Waals surface area (Å²) in [6, 6.07) is 3.71. The molecule has 0 atom stereocenters. The Hall–Kier alpha value is -0.920. The molecule has 0 aromatic heterocycles. The molecule has 0 radical (unpaired) electrons. The van der Waals surface area contributed by atoms with Crippen LogP contribution in [0.4, 0.5) is 8.78 Å². The molecule has 0 saturated carbocycles. The molecule has 0 bridgehead atoms. The first-order chi connectivity index (χ1) is 9.91. The second-order valence-corrected chi connectivity index (χ2v) is 6.30. The predicted octanol–water partition coefficient (Wildman–Crippen LogP) is 3.43. The van der Waals surface area contributed by atoms with Crippen molar-refractivity contribution in [2.24, 2.45) is 10.4 Å². The van der Waals surface area contributed by atoms with Gasteiger partial charge in [-0.2, -0.15) is 0 Å². The van der Waals surface area contributed by atoms with Crippen LogP contribution in [0.15, 0.2) is 23.2 Å². The van der Waals surface area contributed by atoms with E-state index in [1.165, 1.54) is 12.1 Å². The van der Waals surface area contributed by atoms with Crippen LogP contribution in [-0.4, -0.2) is 37.5 Å². The van der Waals surface area contributed by atoms with E-state index in [2.05, 4.69) is 29.1 Å². The molecule has 1 aliphatic rings. The van der Waals surface area contributed by atoms with E-state index < -0.39 is 11.6 Å². The minimum atomic E-state index is -0.542. The van der Waals surface area contributed by atoms with Crippen molar-refractivity contribution in [2.75, 3.05) is 26.7 Å². The van der Waals surface area contributed by atoms with Crippen LogP contribution >= 0.6 is 24.0 Å². The maximum atomic E-state index is 13.6. The summed E-state index contributed by atoms with van der Waals surface area (Å²) in [6.07, 6.45) is 1.64. The number of nitrogens with zero attached hydrogens (tertiary/aromatic N) is 2. The van der Waals surface area contributed by atoms with Crippen molar-refractivity contribution in [1.29, 1.82) is 0 Å². The molecule has 1 aromatic carbocycles. The SMILES string of the molecule is CN=C(NCCc1ccc(F)cc1F)N1CCC(C)(C)C1.I. The maximum Gasteiger partial charge on any atom is 0.193 e. The molecule has 0 amide bonds. The number of hydrogen-bond donors (Lipinski definition) is 1. The van der Waals surface area contributed by atoms with Crippen LogP contribution in [0.3, 0.4) is 0 Å². The molecule has 124 valence electrons. The van der Waals surface area contributed by atoms with Gasteiger partial charge in [0.2, 0.25) is 0 Å². The average Bonchev–Trinajstić information content (AvgIpc) is 2.77. The summed E-state index contributed by atoms with van der Waals surface area (Å²) in [4.78, 5) is 6.50. The van der Waals surface area contributed by atoms with Gasteiger partial charge in [-0.05, 0) is 29.9 Å².